The van der Waals surface area contributed by atoms with Crippen molar-refractivity contribution in [3.63, 3.8) is 0 Å². The zero-order valence-electron chi connectivity index (χ0n) is 5.00. The third-order valence-corrected chi connectivity index (χ3v) is 0.723. The molecule has 58 valence electrons. The molecule has 0 rings (SSSR count). The molecule has 0 aromatic carbocycles. The second-order valence-corrected chi connectivity index (χ2v) is 1.55. The van der Waals surface area contributed by atoms with Crippen molar-refractivity contribution in [1.82, 2.24) is 5.32 Å². The summed E-state index contributed by atoms with van der Waals surface area (Å²) < 4.78 is 12.0. The molecule has 0 bridgehead atoms. The molecule has 1 atom stereocenters. The molecule has 0 aliphatic rings. The van der Waals surface area contributed by atoms with Crippen LogP contribution in [0.3, 0.4) is 0 Å². The largest absolute Gasteiger partial charge is 0.479 e. The van der Waals surface area contributed by atoms with Crippen LogP contribution < -0.4 is 11.1 Å². The van der Waals surface area contributed by atoms with Gasteiger partial charge in [0.2, 0.25) is 6.17 Å². The average Bonchev–Trinajstić information content (AvgIpc) is 1.82. The second kappa shape index (κ2) is 3.65. The van der Waals surface area contributed by atoms with E-state index in [1.807, 2.05) is 5.32 Å². The smallest absolute Gasteiger partial charge is 0.340 e. The Morgan fingerprint density at radius 2 is 2.20 bits per heavy atom. The number of carboxylic acid groups (broad SMARTS) is 1. The lowest BCUT2D eigenvalue weighted by atomic mass is 11.1. The quantitative estimate of drug-likeness (QED) is 0.457. The fourth-order valence-electron chi connectivity index (χ4n) is 0.278. The lowest BCUT2D eigenvalue weighted by Gasteiger charge is -2.01. The first-order valence-electron chi connectivity index (χ1n) is 2.44. The minimum atomic E-state index is -2.09. The summed E-state index contributed by atoms with van der Waals surface area (Å²) in [6, 6.07) is -0.941. The second-order valence-electron chi connectivity index (χ2n) is 1.55. The number of nitrogens with one attached hydrogen (secondary N) is 1. The van der Waals surface area contributed by atoms with E-state index in [4.69, 9.17) is 5.11 Å². The van der Waals surface area contributed by atoms with Gasteiger partial charge in [-0.05, 0) is 0 Å². The molecule has 0 aromatic heterocycles. The Hall–Kier alpha value is -1.33. The van der Waals surface area contributed by atoms with Crippen LogP contribution in [-0.4, -0.2) is 29.8 Å². The van der Waals surface area contributed by atoms with Gasteiger partial charge in [0.1, 0.15) is 0 Å². The van der Waals surface area contributed by atoms with Crippen LogP contribution in [0.25, 0.3) is 0 Å². The van der Waals surface area contributed by atoms with E-state index in [0.717, 1.165) is 0 Å². The number of primary amides is 1. The van der Waals surface area contributed by atoms with Crippen LogP contribution >= 0.6 is 0 Å². The maximum atomic E-state index is 12.0. The van der Waals surface area contributed by atoms with Crippen molar-refractivity contribution in [3.8, 4) is 0 Å². The van der Waals surface area contributed by atoms with Gasteiger partial charge in [0.05, 0.1) is 6.54 Å². The number of hydrogen-bond donors (Lipinski definition) is 3. The lowest BCUT2D eigenvalue weighted by Crippen LogP contribution is -2.37. The van der Waals surface area contributed by atoms with E-state index in [2.05, 4.69) is 5.73 Å². The highest BCUT2D eigenvalue weighted by molar-refractivity contribution is 5.75. The Bertz CT molecular complexity index is 149. The highest BCUT2D eigenvalue weighted by Crippen LogP contribution is 1.86. The summed E-state index contributed by atoms with van der Waals surface area (Å²) in [6.45, 7) is -0.593. The van der Waals surface area contributed by atoms with Crippen LogP contribution in [0.15, 0.2) is 0 Å². The van der Waals surface area contributed by atoms with Crippen molar-refractivity contribution >= 4 is 12.0 Å². The number of carbonyl (C=O) groups excluding carboxylic acids is 1. The maximum absolute atomic E-state index is 12.0. The van der Waals surface area contributed by atoms with E-state index in [1.165, 1.54) is 0 Å². The van der Waals surface area contributed by atoms with Gasteiger partial charge in [-0.3, -0.25) is 0 Å². The molecule has 0 saturated carbocycles. The van der Waals surface area contributed by atoms with Crippen LogP contribution in [0.1, 0.15) is 0 Å². The maximum Gasteiger partial charge on any atom is 0.340 e. The number of amides is 2. The van der Waals surface area contributed by atoms with Gasteiger partial charge in [0.25, 0.3) is 0 Å². The molecule has 4 N–H and O–H groups in total. The molecular formula is C4H7FN2O3. The molecule has 0 aliphatic carbocycles. The third kappa shape index (κ3) is 3.65. The van der Waals surface area contributed by atoms with Gasteiger partial charge < -0.3 is 16.2 Å². The standard InChI is InChI=1S/C4H7FN2O3/c5-2(3(8)9)1-7-4(6)10/h2H,1H2,(H,8,9)(H3,6,7,10)/i1+1,2+1,3+1. The number of hydrogen-bond acceptors (Lipinski definition) is 2. The Morgan fingerprint density at radius 3 is 2.50 bits per heavy atom. The topological polar surface area (TPSA) is 92.4 Å². The number of aliphatic carboxylic acids is 1. The van der Waals surface area contributed by atoms with E-state index in [-0.39, 0.29) is 0 Å². The van der Waals surface area contributed by atoms with Gasteiger partial charge in [-0.25, -0.2) is 14.0 Å². The zero-order valence-corrected chi connectivity index (χ0v) is 5.00. The molecule has 5 nitrogen and oxygen atoms in total. The first-order valence-corrected chi connectivity index (χ1v) is 2.44. The van der Waals surface area contributed by atoms with Crippen LogP contribution in [0.2, 0.25) is 0 Å². The third-order valence-electron chi connectivity index (χ3n) is 0.723. The Balaban J connectivity index is 3.49. The Morgan fingerprint density at radius 1 is 1.70 bits per heavy atom. The number of urea groups is 1. The monoisotopic (exact) mass is 153 g/mol. The van der Waals surface area contributed by atoms with Crippen LogP contribution in [0.4, 0.5) is 9.18 Å². The van der Waals surface area contributed by atoms with Gasteiger partial charge >= 0.3 is 12.0 Å². The molecule has 6 heteroatoms. The fraction of sp³-hybridized carbons (Fsp3) is 0.500. The summed E-state index contributed by atoms with van der Waals surface area (Å²) in [5.74, 6) is -1.62. The number of rotatable bonds is 3. The molecule has 2 amide bonds. The minimum absolute atomic E-state index is 0.593. The molecule has 10 heavy (non-hydrogen) atoms. The van der Waals surface area contributed by atoms with Crippen LogP contribution in [0, 0.1) is 0 Å². The van der Waals surface area contributed by atoms with Crippen LogP contribution in [0.5, 0.6) is 0 Å². The van der Waals surface area contributed by atoms with E-state index in [0.29, 0.717) is 0 Å². The number of nitrogens with two attached hydrogens (primary N) is 1. The summed E-state index contributed by atoms with van der Waals surface area (Å²) in [5, 5.41) is 9.74. The normalized spacial score (nSPS) is 12.1. The summed E-state index contributed by atoms with van der Waals surface area (Å²) in [4.78, 5) is 19.6. The first kappa shape index (κ1) is 8.67. The van der Waals surface area contributed by atoms with E-state index < -0.39 is 24.7 Å². The molecule has 0 aromatic rings. The SMILES string of the molecule is NC(=O)N[13CH2][13CH](F)[13C](=O)O. The average molecular weight is 153 g/mol. The Labute approximate surface area is 56.0 Å². The number of halogens is 1. The molecule has 0 aliphatic heterocycles. The summed E-state index contributed by atoms with van der Waals surface area (Å²) >= 11 is 0. The number of carbonyl (C=O) groups is 2. The molecule has 0 saturated heterocycles. The fourth-order valence-corrected chi connectivity index (χ4v) is 0.278. The first-order chi connectivity index (χ1) is 4.54. The van der Waals surface area contributed by atoms with Gasteiger partial charge in [-0.1, -0.05) is 0 Å². The van der Waals surface area contributed by atoms with Crippen molar-refractivity contribution in [2.24, 2.45) is 5.73 Å². The summed E-state index contributed by atoms with van der Waals surface area (Å²) in [7, 11) is 0. The molecular weight excluding hydrogens is 146 g/mol. The van der Waals surface area contributed by atoms with Gasteiger partial charge in [0.15, 0.2) is 0 Å². The van der Waals surface area contributed by atoms with Crippen molar-refractivity contribution < 1.29 is 19.1 Å². The van der Waals surface area contributed by atoms with Crippen molar-refractivity contribution in [2.75, 3.05) is 6.54 Å². The zero-order chi connectivity index (χ0) is 8.15. The van der Waals surface area contributed by atoms with E-state index in [1.54, 1.807) is 0 Å². The highest BCUT2D eigenvalue weighted by atomic mass is 19.2. The van der Waals surface area contributed by atoms with Gasteiger partial charge in [0, 0.05) is 0 Å². The predicted molar refractivity (Wildman–Crippen MR) is 30.1 cm³/mol. The molecule has 0 fully saturated rings. The minimum Gasteiger partial charge on any atom is -0.479 e. The summed E-state index contributed by atoms with van der Waals surface area (Å²) in [5.41, 5.74) is 4.53. The van der Waals surface area contributed by atoms with Crippen molar-refractivity contribution in [3.05, 3.63) is 0 Å². The molecule has 1 unspecified atom stereocenters. The molecule has 0 heterocycles. The van der Waals surface area contributed by atoms with Crippen molar-refractivity contribution in [1.29, 1.82) is 0 Å². The highest BCUT2D eigenvalue weighted by Gasteiger charge is 2.14. The van der Waals surface area contributed by atoms with E-state index in [9.17, 15) is 14.0 Å². The van der Waals surface area contributed by atoms with Gasteiger partial charge in [-0.15, -0.1) is 0 Å². The van der Waals surface area contributed by atoms with Crippen LogP contribution in [-0.2, 0) is 4.79 Å². The van der Waals surface area contributed by atoms with Crippen molar-refractivity contribution in [2.45, 2.75) is 6.17 Å². The number of carboxylic acids is 1. The molecule has 0 spiro atoms. The van der Waals surface area contributed by atoms with Gasteiger partial charge in [-0.2, -0.15) is 0 Å². The Kier molecular flexibility index (Phi) is 3.16. The predicted octanol–water partition coefficient (Wildman–Crippen LogP) is -0.923. The summed E-state index contributed by atoms with van der Waals surface area (Å²) in [6.07, 6.45) is -2.09. The lowest BCUT2D eigenvalue weighted by molar-refractivity contribution is -0.142. The molecule has 0 radical (unpaired) electrons. The number of alkyl halides is 1. The van der Waals surface area contributed by atoms with E-state index >= 15 is 0 Å².